The molecule has 1 aromatic rings. The first-order valence-electron chi connectivity index (χ1n) is 4.06. The van der Waals surface area contributed by atoms with Crippen molar-refractivity contribution in [3.8, 4) is 0 Å². The molecule has 1 fully saturated rings. The minimum absolute atomic E-state index is 0.282. The van der Waals surface area contributed by atoms with Gasteiger partial charge in [-0.15, -0.1) is 0 Å². The summed E-state index contributed by atoms with van der Waals surface area (Å²) in [5.41, 5.74) is 0.447. The van der Waals surface area contributed by atoms with Crippen molar-refractivity contribution in [2.45, 2.75) is 6.10 Å². The van der Waals surface area contributed by atoms with Gasteiger partial charge in [-0.2, -0.15) is 0 Å². The minimum Gasteiger partial charge on any atom is -0.439 e. The Morgan fingerprint density at radius 2 is 2.14 bits per heavy atom. The van der Waals surface area contributed by atoms with Crippen LogP contribution in [0.2, 0.25) is 0 Å². The van der Waals surface area contributed by atoms with Gasteiger partial charge in [0.25, 0.3) is 0 Å². The number of halogens is 2. The van der Waals surface area contributed by atoms with Crippen molar-refractivity contribution in [2.24, 2.45) is 0 Å². The van der Waals surface area contributed by atoms with Crippen LogP contribution < -0.4 is 5.32 Å². The van der Waals surface area contributed by atoms with E-state index in [0.29, 0.717) is 5.56 Å². The van der Waals surface area contributed by atoms with E-state index in [1.807, 2.05) is 0 Å². The molecule has 0 aliphatic carbocycles. The maximum Gasteiger partial charge on any atom is 0.407 e. The molecule has 1 amide bonds. The highest BCUT2D eigenvalue weighted by Crippen LogP contribution is 2.22. The molecule has 3 nitrogen and oxygen atoms in total. The Morgan fingerprint density at radius 1 is 1.36 bits per heavy atom. The fourth-order valence-electron chi connectivity index (χ4n) is 1.29. The van der Waals surface area contributed by atoms with Gasteiger partial charge in [0.2, 0.25) is 0 Å². The molecule has 1 heterocycles. The summed E-state index contributed by atoms with van der Waals surface area (Å²) >= 11 is 0. The normalized spacial score (nSPS) is 20.4. The van der Waals surface area contributed by atoms with Crippen LogP contribution in [0.25, 0.3) is 0 Å². The maximum atomic E-state index is 12.8. The molecule has 1 N–H and O–H groups in total. The first-order chi connectivity index (χ1) is 6.66. The lowest BCUT2D eigenvalue weighted by atomic mass is 10.1. The van der Waals surface area contributed by atoms with Crippen LogP contribution in [0.4, 0.5) is 13.6 Å². The Balaban J connectivity index is 2.24. The van der Waals surface area contributed by atoms with Crippen molar-refractivity contribution in [1.29, 1.82) is 0 Å². The summed E-state index contributed by atoms with van der Waals surface area (Å²) in [4.78, 5) is 10.7. The average Bonchev–Trinajstić information content (AvgIpc) is 2.57. The Morgan fingerprint density at radius 3 is 2.71 bits per heavy atom. The van der Waals surface area contributed by atoms with Crippen molar-refractivity contribution >= 4 is 6.09 Å². The molecule has 1 unspecified atom stereocenters. The van der Waals surface area contributed by atoms with Gasteiger partial charge >= 0.3 is 6.09 Å². The van der Waals surface area contributed by atoms with Gasteiger partial charge in [0.15, 0.2) is 11.6 Å². The SMILES string of the molecule is O=C1NCC(c2ccc(F)c(F)c2)O1. The predicted octanol–water partition coefficient (Wildman–Crippen LogP) is 1.75. The zero-order valence-electron chi connectivity index (χ0n) is 7.09. The monoisotopic (exact) mass is 199 g/mol. The number of rotatable bonds is 1. The number of amides is 1. The third-order valence-corrected chi connectivity index (χ3v) is 2.00. The van der Waals surface area contributed by atoms with E-state index >= 15 is 0 Å². The average molecular weight is 199 g/mol. The number of cyclic esters (lactones) is 1. The summed E-state index contributed by atoms with van der Waals surface area (Å²) < 4.78 is 30.2. The van der Waals surface area contributed by atoms with Gasteiger partial charge in [-0.05, 0) is 17.7 Å². The van der Waals surface area contributed by atoms with E-state index in [2.05, 4.69) is 5.32 Å². The molecule has 0 bridgehead atoms. The lowest BCUT2D eigenvalue weighted by Crippen LogP contribution is -2.12. The molecule has 2 rings (SSSR count). The van der Waals surface area contributed by atoms with E-state index < -0.39 is 23.8 Å². The summed E-state index contributed by atoms with van der Waals surface area (Å²) in [6.07, 6.45) is -1.07. The predicted molar refractivity (Wildman–Crippen MR) is 43.6 cm³/mol. The number of hydrogen-bond donors (Lipinski definition) is 1. The molecule has 14 heavy (non-hydrogen) atoms. The van der Waals surface area contributed by atoms with Crippen LogP contribution in [0.3, 0.4) is 0 Å². The first kappa shape index (κ1) is 8.93. The van der Waals surface area contributed by atoms with Gasteiger partial charge in [0, 0.05) is 0 Å². The topological polar surface area (TPSA) is 38.3 Å². The number of alkyl carbamates (subject to hydrolysis) is 1. The van der Waals surface area contributed by atoms with Gasteiger partial charge < -0.3 is 10.1 Å². The maximum absolute atomic E-state index is 12.8. The van der Waals surface area contributed by atoms with E-state index in [9.17, 15) is 13.6 Å². The highest BCUT2D eigenvalue weighted by Gasteiger charge is 2.24. The van der Waals surface area contributed by atoms with Gasteiger partial charge in [0.05, 0.1) is 6.54 Å². The van der Waals surface area contributed by atoms with E-state index in [1.165, 1.54) is 6.07 Å². The standard InChI is InChI=1S/C9H7F2NO2/c10-6-2-1-5(3-7(6)11)8-4-12-9(13)14-8/h1-3,8H,4H2,(H,12,13). The second kappa shape index (κ2) is 3.25. The number of hydrogen-bond acceptors (Lipinski definition) is 2. The van der Waals surface area contributed by atoms with Crippen LogP contribution in [0.15, 0.2) is 18.2 Å². The van der Waals surface area contributed by atoms with E-state index in [4.69, 9.17) is 4.74 Å². The van der Waals surface area contributed by atoms with Crippen molar-refractivity contribution in [2.75, 3.05) is 6.54 Å². The molecule has 74 valence electrons. The van der Waals surface area contributed by atoms with Gasteiger partial charge in [-0.3, -0.25) is 0 Å². The third kappa shape index (κ3) is 1.53. The molecule has 5 heteroatoms. The second-order valence-corrected chi connectivity index (χ2v) is 2.95. The summed E-state index contributed by atoms with van der Waals surface area (Å²) in [7, 11) is 0. The number of benzene rings is 1. The molecule has 0 radical (unpaired) electrons. The fourth-order valence-corrected chi connectivity index (χ4v) is 1.29. The van der Waals surface area contributed by atoms with Crippen LogP contribution in [0.5, 0.6) is 0 Å². The van der Waals surface area contributed by atoms with E-state index in [0.717, 1.165) is 12.1 Å². The molecular weight excluding hydrogens is 192 g/mol. The molecule has 1 aliphatic rings. The van der Waals surface area contributed by atoms with Crippen molar-refractivity contribution in [3.63, 3.8) is 0 Å². The molecule has 0 spiro atoms. The van der Waals surface area contributed by atoms with E-state index in [1.54, 1.807) is 0 Å². The zero-order valence-corrected chi connectivity index (χ0v) is 7.09. The number of ether oxygens (including phenoxy) is 1. The summed E-state index contributed by atoms with van der Waals surface area (Å²) in [6.45, 7) is 0.282. The van der Waals surface area contributed by atoms with Crippen LogP contribution in [0, 0.1) is 11.6 Å². The molecule has 1 saturated heterocycles. The van der Waals surface area contributed by atoms with Gasteiger partial charge in [-0.1, -0.05) is 6.07 Å². The highest BCUT2D eigenvalue weighted by molar-refractivity contribution is 5.69. The summed E-state index contributed by atoms with van der Waals surface area (Å²) in [6, 6.07) is 3.43. The summed E-state index contributed by atoms with van der Waals surface area (Å²) in [5, 5.41) is 2.42. The molecule has 1 aromatic carbocycles. The second-order valence-electron chi connectivity index (χ2n) is 2.95. The molecular formula is C9H7F2NO2. The van der Waals surface area contributed by atoms with Gasteiger partial charge in [-0.25, -0.2) is 13.6 Å². The Hall–Kier alpha value is -1.65. The largest absolute Gasteiger partial charge is 0.439 e. The summed E-state index contributed by atoms with van der Waals surface area (Å²) in [5.74, 6) is -1.85. The highest BCUT2D eigenvalue weighted by atomic mass is 19.2. The number of carbonyl (C=O) groups excluding carboxylic acids is 1. The quantitative estimate of drug-likeness (QED) is 0.748. The molecule has 1 atom stereocenters. The molecule has 1 aliphatic heterocycles. The zero-order chi connectivity index (χ0) is 10.1. The minimum atomic E-state index is -0.939. The smallest absolute Gasteiger partial charge is 0.407 e. The van der Waals surface area contributed by atoms with Crippen molar-refractivity contribution in [1.82, 2.24) is 5.32 Å². The van der Waals surface area contributed by atoms with Crippen LogP contribution in [-0.4, -0.2) is 12.6 Å². The van der Waals surface area contributed by atoms with Gasteiger partial charge in [0.1, 0.15) is 6.10 Å². The number of nitrogens with one attached hydrogen (secondary N) is 1. The Labute approximate surface area is 78.7 Å². The lowest BCUT2D eigenvalue weighted by Gasteiger charge is -2.07. The molecule has 0 aromatic heterocycles. The fraction of sp³-hybridized carbons (Fsp3) is 0.222. The number of carbonyl (C=O) groups is 1. The first-order valence-corrected chi connectivity index (χ1v) is 4.06. The van der Waals surface area contributed by atoms with Crippen LogP contribution in [-0.2, 0) is 4.74 Å². The van der Waals surface area contributed by atoms with E-state index in [-0.39, 0.29) is 6.54 Å². The lowest BCUT2D eigenvalue weighted by molar-refractivity contribution is 0.141. The molecule has 0 saturated carbocycles. The van der Waals surface area contributed by atoms with Crippen molar-refractivity contribution < 1.29 is 18.3 Å². The Kier molecular flexibility index (Phi) is 2.07. The van der Waals surface area contributed by atoms with Crippen LogP contribution in [0.1, 0.15) is 11.7 Å². The Bertz CT molecular complexity index is 381. The van der Waals surface area contributed by atoms with Crippen molar-refractivity contribution in [3.05, 3.63) is 35.4 Å². The third-order valence-electron chi connectivity index (χ3n) is 2.00. The van der Waals surface area contributed by atoms with Crippen LogP contribution >= 0.6 is 0 Å².